The van der Waals surface area contributed by atoms with Crippen molar-refractivity contribution < 1.29 is 14.7 Å². The Labute approximate surface area is 131 Å². The standard InChI is InChI=1S/C18H25NO3/c1-2-9-15(16(20)21)19-17(22)18(12-7-4-8-13-18)14-10-5-3-6-11-14/h3,5-6,10-11,15H,2,4,7-9,12-13H2,1H3,(H,19,22)(H,20,21)/t15-/m0/s1. The average molecular weight is 303 g/mol. The van der Waals surface area contributed by atoms with Gasteiger partial charge in [-0.3, -0.25) is 4.79 Å². The maximum Gasteiger partial charge on any atom is 0.326 e. The molecule has 0 aromatic heterocycles. The second-order valence-electron chi connectivity index (χ2n) is 6.16. The van der Waals surface area contributed by atoms with Crippen molar-refractivity contribution in [3.63, 3.8) is 0 Å². The zero-order chi connectivity index (χ0) is 16.0. The summed E-state index contributed by atoms with van der Waals surface area (Å²) in [5.41, 5.74) is 0.439. The van der Waals surface area contributed by atoms with Crippen LogP contribution in [0, 0.1) is 0 Å². The molecule has 1 aliphatic rings. The van der Waals surface area contributed by atoms with E-state index in [1.54, 1.807) is 0 Å². The fraction of sp³-hybridized carbons (Fsp3) is 0.556. The van der Waals surface area contributed by atoms with Crippen molar-refractivity contribution in [3.8, 4) is 0 Å². The quantitative estimate of drug-likeness (QED) is 0.847. The molecule has 0 unspecified atom stereocenters. The van der Waals surface area contributed by atoms with E-state index in [2.05, 4.69) is 5.32 Å². The largest absolute Gasteiger partial charge is 0.480 e. The van der Waals surface area contributed by atoms with Crippen LogP contribution in [-0.2, 0) is 15.0 Å². The number of carboxylic acid groups (broad SMARTS) is 1. The second kappa shape index (κ2) is 7.43. The fourth-order valence-electron chi connectivity index (χ4n) is 3.40. The molecule has 1 saturated carbocycles. The van der Waals surface area contributed by atoms with Gasteiger partial charge in [0, 0.05) is 0 Å². The number of hydrogen-bond acceptors (Lipinski definition) is 2. The molecule has 1 aliphatic carbocycles. The third kappa shape index (κ3) is 3.49. The summed E-state index contributed by atoms with van der Waals surface area (Å²) in [6.07, 6.45) is 5.94. The summed E-state index contributed by atoms with van der Waals surface area (Å²) < 4.78 is 0. The van der Waals surface area contributed by atoms with E-state index < -0.39 is 17.4 Å². The van der Waals surface area contributed by atoms with Gasteiger partial charge >= 0.3 is 5.97 Å². The molecule has 1 atom stereocenters. The lowest BCUT2D eigenvalue weighted by atomic mass is 9.68. The molecule has 0 radical (unpaired) electrons. The SMILES string of the molecule is CCC[C@H](NC(=O)C1(c2ccccc2)CCCCC1)C(=O)O. The van der Waals surface area contributed by atoms with E-state index in [4.69, 9.17) is 0 Å². The normalized spacial score (nSPS) is 18.4. The van der Waals surface area contributed by atoms with Crippen molar-refractivity contribution in [3.05, 3.63) is 35.9 Å². The number of nitrogens with one attached hydrogen (secondary N) is 1. The zero-order valence-corrected chi connectivity index (χ0v) is 13.2. The van der Waals surface area contributed by atoms with Crippen LogP contribution in [0.5, 0.6) is 0 Å². The van der Waals surface area contributed by atoms with Crippen LogP contribution in [0.3, 0.4) is 0 Å². The molecule has 1 amide bonds. The maximum atomic E-state index is 12.9. The summed E-state index contributed by atoms with van der Waals surface area (Å²) in [4.78, 5) is 24.3. The van der Waals surface area contributed by atoms with Gasteiger partial charge in [0.1, 0.15) is 6.04 Å². The van der Waals surface area contributed by atoms with Gasteiger partial charge in [-0.15, -0.1) is 0 Å². The van der Waals surface area contributed by atoms with E-state index in [-0.39, 0.29) is 5.91 Å². The number of rotatable bonds is 6. The monoisotopic (exact) mass is 303 g/mol. The average Bonchev–Trinajstić information content (AvgIpc) is 2.55. The molecule has 1 aromatic carbocycles. The Morgan fingerprint density at radius 3 is 2.36 bits per heavy atom. The van der Waals surface area contributed by atoms with Crippen molar-refractivity contribution in [2.75, 3.05) is 0 Å². The Kier molecular flexibility index (Phi) is 5.58. The van der Waals surface area contributed by atoms with Crippen molar-refractivity contribution in [2.45, 2.75) is 63.3 Å². The first-order chi connectivity index (χ1) is 10.6. The predicted octanol–water partition coefficient (Wildman–Crippen LogP) is 3.26. The molecule has 0 aliphatic heterocycles. The summed E-state index contributed by atoms with van der Waals surface area (Å²) >= 11 is 0. The molecule has 4 heteroatoms. The Morgan fingerprint density at radius 1 is 1.18 bits per heavy atom. The Morgan fingerprint density at radius 2 is 1.82 bits per heavy atom. The number of amides is 1. The minimum Gasteiger partial charge on any atom is -0.480 e. The number of carboxylic acids is 1. The van der Waals surface area contributed by atoms with Gasteiger partial charge in [0.2, 0.25) is 5.91 Å². The zero-order valence-electron chi connectivity index (χ0n) is 13.2. The van der Waals surface area contributed by atoms with Crippen LogP contribution < -0.4 is 5.32 Å². The predicted molar refractivity (Wildman–Crippen MR) is 85.7 cm³/mol. The fourth-order valence-corrected chi connectivity index (χ4v) is 3.40. The third-order valence-corrected chi connectivity index (χ3v) is 4.65. The van der Waals surface area contributed by atoms with E-state index in [0.29, 0.717) is 6.42 Å². The molecular weight excluding hydrogens is 278 g/mol. The molecule has 0 heterocycles. The highest BCUT2D eigenvalue weighted by atomic mass is 16.4. The molecule has 4 nitrogen and oxygen atoms in total. The lowest BCUT2D eigenvalue weighted by Crippen LogP contribution is -2.51. The molecule has 2 N–H and O–H groups in total. The van der Waals surface area contributed by atoms with Crippen LogP contribution in [0.2, 0.25) is 0 Å². The number of carbonyl (C=O) groups excluding carboxylic acids is 1. The van der Waals surface area contributed by atoms with E-state index >= 15 is 0 Å². The van der Waals surface area contributed by atoms with Gasteiger partial charge in [-0.2, -0.15) is 0 Å². The molecule has 2 rings (SSSR count). The summed E-state index contributed by atoms with van der Waals surface area (Å²) in [6, 6.07) is 9.01. The molecule has 1 fully saturated rings. The topological polar surface area (TPSA) is 66.4 Å². The van der Waals surface area contributed by atoms with Crippen LogP contribution >= 0.6 is 0 Å². The van der Waals surface area contributed by atoms with E-state index in [9.17, 15) is 14.7 Å². The summed E-state index contributed by atoms with van der Waals surface area (Å²) in [5.74, 6) is -1.08. The highest BCUT2D eigenvalue weighted by molar-refractivity contribution is 5.91. The molecule has 22 heavy (non-hydrogen) atoms. The first-order valence-electron chi connectivity index (χ1n) is 8.19. The summed E-state index contributed by atoms with van der Waals surface area (Å²) in [5, 5.41) is 12.1. The third-order valence-electron chi connectivity index (χ3n) is 4.65. The maximum absolute atomic E-state index is 12.9. The van der Waals surface area contributed by atoms with E-state index in [1.165, 1.54) is 0 Å². The van der Waals surface area contributed by atoms with Crippen molar-refractivity contribution in [2.24, 2.45) is 0 Å². The van der Waals surface area contributed by atoms with Gasteiger partial charge in [0.25, 0.3) is 0 Å². The van der Waals surface area contributed by atoms with E-state index in [1.807, 2.05) is 37.3 Å². The number of hydrogen-bond donors (Lipinski definition) is 2. The number of aliphatic carboxylic acids is 1. The first-order valence-corrected chi connectivity index (χ1v) is 8.19. The molecule has 0 spiro atoms. The first kappa shape index (κ1) is 16.5. The molecule has 1 aromatic rings. The summed E-state index contributed by atoms with van der Waals surface area (Å²) in [6.45, 7) is 1.93. The summed E-state index contributed by atoms with van der Waals surface area (Å²) in [7, 11) is 0. The van der Waals surface area contributed by atoms with Crippen LogP contribution in [0.25, 0.3) is 0 Å². The smallest absolute Gasteiger partial charge is 0.326 e. The highest BCUT2D eigenvalue weighted by Gasteiger charge is 2.42. The Bertz CT molecular complexity index is 506. The second-order valence-corrected chi connectivity index (χ2v) is 6.16. The number of benzene rings is 1. The molecule has 0 bridgehead atoms. The lowest BCUT2D eigenvalue weighted by molar-refractivity contribution is -0.143. The molecule has 120 valence electrons. The van der Waals surface area contributed by atoms with Gasteiger partial charge in [0.05, 0.1) is 5.41 Å². The van der Waals surface area contributed by atoms with Crippen LogP contribution in [-0.4, -0.2) is 23.0 Å². The van der Waals surface area contributed by atoms with E-state index in [0.717, 1.165) is 44.1 Å². The molecular formula is C18H25NO3. The highest BCUT2D eigenvalue weighted by Crippen LogP contribution is 2.39. The Balaban J connectivity index is 2.25. The van der Waals surface area contributed by atoms with Gasteiger partial charge in [-0.25, -0.2) is 4.79 Å². The van der Waals surface area contributed by atoms with Crippen LogP contribution in [0.15, 0.2) is 30.3 Å². The van der Waals surface area contributed by atoms with Crippen LogP contribution in [0.4, 0.5) is 0 Å². The van der Waals surface area contributed by atoms with Gasteiger partial charge in [0.15, 0.2) is 0 Å². The van der Waals surface area contributed by atoms with Crippen LogP contribution in [0.1, 0.15) is 57.4 Å². The number of carbonyl (C=O) groups is 2. The van der Waals surface area contributed by atoms with Gasteiger partial charge in [-0.1, -0.05) is 62.9 Å². The Hall–Kier alpha value is -1.84. The minimum absolute atomic E-state index is 0.126. The molecule has 0 saturated heterocycles. The van der Waals surface area contributed by atoms with Gasteiger partial charge in [-0.05, 0) is 24.8 Å². The van der Waals surface area contributed by atoms with Crippen molar-refractivity contribution in [1.29, 1.82) is 0 Å². The van der Waals surface area contributed by atoms with Gasteiger partial charge < -0.3 is 10.4 Å². The lowest BCUT2D eigenvalue weighted by Gasteiger charge is -2.37. The van der Waals surface area contributed by atoms with Crippen molar-refractivity contribution in [1.82, 2.24) is 5.32 Å². The minimum atomic E-state index is -0.950. The van der Waals surface area contributed by atoms with Crippen molar-refractivity contribution >= 4 is 11.9 Å².